The first kappa shape index (κ1) is 11.8. The quantitative estimate of drug-likeness (QED) is 0.894. The van der Waals surface area contributed by atoms with Crippen LogP contribution in [0.25, 0.3) is 10.4 Å². The van der Waals surface area contributed by atoms with E-state index in [0.717, 1.165) is 31.7 Å². The van der Waals surface area contributed by atoms with E-state index in [2.05, 4.69) is 29.6 Å². The maximum atomic E-state index is 5.29. The third kappa shape index (κ3) is 2.28. The SMILES string of the molecule is COc1cccc(-c2cc3c(s2)CCNCC3)c1. The molecule has 1 N–H and O–H groups in total. The van der Waals surface area contributed by atoms with Crippen LogP contribution in [0.3, 0.4) is 0 Å². The molecule has 0 spiro atoms. The Morgan fingerprint density at radius 1 is 1.17 bits per heavy atom. The van der Waals surface area contributed by atoms with E-state index in [-0.39, 0.29) is 0 Å². The van der Waals surface area contributed by atoms with Crippen molar-refractivity contribution < 1.29 is 4.74 Å². The maximum absolute atomic E-state index is 5.29. The Morgan fingerprint density at radius 3 is 2.94 bits per heavy atom. The molecule has 94 valence electrons. The van der Waals surface area contributed by atoms with Gasteiger partial charge in [0.1, 0.15) is 5.75 Å². The van der Waals surface area contributed by atoms with E-state index >= 15 is 0 Å². The molecule has 2 heterocycles. The Kier molecular flexibility index (Phi) is 3.35. The average molecular weight is 259 g/mol. The monoisotopic (exact) mass is 259 g/mol. The van der Waals surface area contributed by atoms with Crippen LogP contribution in [0.4, 0.5) is 0 Å². The van der Waals surface area contributed by atoms with Crippen molar-refractivity contribution in [3.63, 3.8) is 0 Å². The molecule has 0 radical (unpaired) electrons. The molecule has 0 saturated heterocycles. The van der Waals surface area contributed by atoms with Crippen molar-refractivity contribution in [1.29, 1.82) is 0 Å². The summed E-state index contributed by atoms with van der Waals surface area (Å²) in [6.45, 7) is 2.20. The van der Waals surface area contributed by atoms with Crippen molar-refractivity contribution in [3.05, 3.63) is 40.8 Å². The molecule has 0 atom stereocenters. The van der Waals surface area contributed by atoms with E-state index in [9.17, 15) is 0 Å². The minimum Gasteiger partial charge on any atom is -0.497 e. The predicted octanol–water partition coefficient (Wildman–Crippen LogP) is 3.11. The Hall–Kier alpha value is -1.32. The smallest absolute Gasteiger partial charge is 0.119 e. The van der Waals surface area contributed by atoms with Crippen LogP contribution >= 0.6 is 11.3 Å². The first-order valence-electron chi connectivity index (χ1n) is 6.33. The van der Waals surface area contributed by atoms with Crippen LogP contribution in [-0.2, 0) is 12.8 Å². The molecule has 18 heavy (non-hydrogen) atoms. The highest BCUT2D eigenvalue weighted by Crippen LogP contribution is 2.34. The highest BCUT2D eigenvalue weighted by Gasteiger charge is 2.13. The maximum Gasteiger partial charge on any atom is 0.119 e. The Bertz CT molecular complexity index is 524. The summed E-state index contributed by atoms with van der Waals surface area (Å²) in [4.78, 5) is 2.90. The summed E-state index contributed by atoms with van der Waals surface area (Å²) in [7, 11) is 1.72. The number of thiophene rings is 1. The molecule has 0 bridgehead atoms. The van der Waals surface area contributed by atoms with Gasteiger partial charge < -0.3 is 10.1 Å². The number of rotatable bonds is 2. The second-order valence-corrected chi connectivity index (χ2v) is 5.68. The summed E-state index contributed by atoms with van der Waals surface area (Å²) in [5.41, 5.74) is 2.78. The zero-order valence-electron chi connectivity index (χ0n) is 10.5. The zero-order valence-corrected chi connectivity index (χ0v) is 11.3. The number of benzene rings is 1. The molecule has 1 aromatic carbocycles. The topological polar surface area (TPSA) is 21.3 Å². The van der Waals surface area contributed by atoms with Gasteiger partial charge in [-0.3, -0.25) is 0 Å². The van der Waals surface area contributed by atoms with E-state index in [0.29, 0.717) is 0 Å². The summed E-state index contributed by atoms with van der Waals surface area (Å²) in [5, 5.41) is 3.44. The van der Waals surface area contributed by atoms with E-state index in [4.69, 9.17) is 4.74 Å². The predicted molar refractivity (Wildman–Crippen MR) is 76.6 cm³/mol. The summed E-state index contributed by atoms with van der Waals surface area (Å²) < 4.78 is 5.29. The molecular weight excluding hydrogens is 242 g/mol. The fraction of sp³-hybridized carbons (Fsp3) is 0.333. The van der Waals surface area contributed by atoms with Crippen LogP contribution in [0.2, 0.25) is 0 Å². The summed E-state index contributed by atoms with van der Waals surface area (Å²) in [5.74, 6) is 0.928. The van der Waals surface area contributed by atoms with Gasteiger partial charge in [-0.2, -0.15) is 0 Å². The van der Waals surface area contributed by atoms with Crippen LogP contribution in [0, 0.1) is 0 Å². The lowest BCUT2D eigenvalue weighted by Gasteiger charge is -2.02. The molecular formula is C15H17NOS. The molecule has 0 aliphatic carbocycles. The van der Waals surface area contributed by atoms with E-state index in [1.165, 1.54) is 20.9 Å². The molecule has 2 aromatic rings. The molecule has 3 rings (SSSR count). The van der Waals surface area contributed by atoms with Gasteiger partial charge in [0.05, 0.1) is 7.11 Å². The minimum absolute atomic E-state index is 0.928. The highest BCUT2D eigenvalue weighted by atomic mass is 32.1. The molecule has 0 amide bonds. The van der Waals surface area contributed by atoms with Gasteiger partial charge in [0.2, 0.25) is 0 Å². The number of hydrogen-bond donors (Lipinski definition) is 1. The number of ether oxygens (including phenoxy) is 1. The first-order chi connectivity index (χ1) is 8.86. The molecule has 1 aromatic heterocycles. The minimum atomic E-state index is 0.928. The van der Waals surface area contributed by atoms with Crippen LogP contribution in [-0.4, -0.2) is 20.2 Å². The third-order valence-electron chi connectivity index (χ3n) is 3.35. The van der Waals surface area contributed by atoms with Crippen molar-refractivity contribution in [2.45, 2.75) is 12.8 Å². The van der Waals surface area contributed by atoms with Crippen molar-refractivity contribution >= 4 is 11.3 Å². The van der Waals surface area contributed by atoms with Crippen molar-refractivity contribution in [3.8, 4) is 16.2 Å². The molecule has 0 fully saturated rings. The normalized spacial score (nSPS) is 14.9. The second kappa shape index (κ2) is 5.12. The largest absolute Gasteiger partial charge is 0.497 e. The number of nitrogens with one attached hydrogen (secondary N) is 1. The third-order valence-corrected chi connectivity index (χ3v) is 4.64. The molecule has 1 aliphatic rings. The number of methoxy groups -OCH3 is 1. The lowest BCUT2D eigenvalue weighted by Crippen LogP contribution is -2.16. The van der Waals surface area contributed by atoms with Gasteiger partial charge in [0.25, 0.3) is 0 Å². The fourth-order valence-corrected chi connectivity index (χ4v) is 3.57. The highest BCUT2D eigenvalue weighted by molar-refractivity contribution is 7.15. The van der Waals surface area contributed by atoms with Crippen molar-refractivity contribution in [2.75, 3.05) is 20.2 Å². The van der Waals surface area contributed by atoms with Crippen molar-refractivity contribution in [2.24, 2.45) is 0 Å². The fourth-order valence-electron chi connectivity index (χ4n) is 2.36. The second-order valence-electron chi connectivity index (χ2n) is 4.54. The molecule has 3 heteroatoms. The molecule has 2 nitrogen and oxygen atoms in total. The number of hydrogen-bond acceptors (Lipinski definition) is 3. The van der Waals surface area contributed by atoms with Gasteiger partial charge in [-0.1, -0.05) is 12.1 Å². The number of fused-ring (bicyclic) bond motifs is 1. The molecule has 0 saturated carbocycles. The molecule has 0 unspecified atom stereocenters. The van der Waals surface area contributed by atoms with Crippen LogP contribution < -0.4 is 10.1 Å². The lowest BCUT2D eigenvalue weighted by atomic mass is 10.1. The van der Waals surface area contributed by atoms with Crippen LogP contribution in [0.15, 0.2) is 30.3 Å². The summed E-state index contributed by atoms with van der Waals surface area (Å²) >= 11 is 1.93. The Labute approximate surface area is 112 Å². The van der Waals surface area contributed by atoms with Gasteiger partial charge in [0, 0.05) is 9.75 Å². The van der Waals surface area contributed by atoms with Gasteiger partial charge >= 0.3 is 0 Å². The first-order valence-corrected chi connectivity index (χ1v) is 7.15. The van der Waals surface area contributed by atoms with E-state index in [1.54, 1.807) is 7.11 Å². The zero-order chi connectivity index (χ0) is 12.4. The van der Waals surface area contributed by atoms with Gasteiger partial charge in [0.15, 0.2) is 0 Å². The molecule has 1 aliphatic heterocycles. The van der Waals surface area contributed by atoms with Gasteiger partial charge in [-0.25, -0.2) is 0 Å². The van der Waals surface area contributed by atoms with Crippen LogP contribution in [0.5, 0.6) is 5.75 Å². The van der Waals surface area contributed by atoms with Crippen molar-refractivity contribution in [1.82, 2.24) is 5.32 Å². The summed E-state index contributed by atoms with van der Waals surface area (Å²) in [6.07, 6.45) is 2.31. The average Bonchev–Trinajstić information content (AvgIpc) is 2.70. The van der Waals surface area contributed by atoms with E-state index < -0.39 is 0 Å². The summed E-state index contributed by atoms with van der Waals surface area (Å²) in [6, 6.07) is 10.7. The Morgan fingerprint density at radius 2 is 2.06 bits per heavy atom. The standard InChI is InChI=1S/C15H17NOS/c1-17-13-4-2-3-11(9-13)15-10-12-5-7-16-8-6-14(12)18-15/h2-4,9-10,16H,5-8H2,1H3. The van der Waals surface area contributed by atoms with Gasteiger partial charge in [-0.05, 0) is 55.3 Å². The van der Waals surface area contributed by atoms with Gasteiger partial charge in [-0.15, -0.1) is 11.3 Å². The van der Waals surface area contributed by atoms with E-state index in [1.807, 2.05) is 17.4 Å². The van der Waals surface area contributed by atoms with Crippen LogP contribution in [0.1, 0.15) is 10.4 Å². The Balaban J connectivity index is 1.96. The lowest BCUT2D eigenvalue weighted by molar-refractivity contribution is 0.415.